The van der Waals surface area contributed by atoms with E-state index in [1.807, 2.05) is 0 Å². The van der Waals surface area contributed by atoms with E-state index in [4.69, 9.17) is 5.11 Å². The van der Waals surface area contributed by atoms with E-state index in [9.17, 15) is 13.2 Å². The molecule has 21 heavy (non-hydrogen) atoms. The first-order valence-corrected chi connectivity index (χ1v) is 8.26. The Morgan fingerprint density at radius 2 is 1.95 bits per heavy atom. The highest BCUT2D eigenvalue weighted by atomic mass is 32.2. The number of rotatable bonds is 8. The minimum absolute atomic E-state index is 0.0590. The Balaban J connectivity index is 2.96. The predicted octanol–water partition coefficient (Wildman–Crippen LogP) is 1.67. The Bertz CT molecular complexity index is 584. The van der Waals surface area contributed by atoms with Crippen molar-refractivity contribution in [3.63, 3.8) is 0 Å². The predicted molar refractivity (Wildman–Crippen MR) is 82.0 cm³/mol. The lowest BCUT2D eigenvalue weighted by molar-refractivity contribution is -0.137. The Kier molecular flexibility index (Phi) is 6.17. The number of nitrogens with one attached hydrogen (secondary N) is 1. The minimum atomic E-state index is -3.58. The fraction of sp³-hybridized carbons (Fsp3) is 0.500. The number of benzene rings is 1. The van der Waals surface area contributed by atoms with Crippen LogP contribution in [0.25, 0.3) is 0 Å². The van der Waals surface area contributed by atoms with Crippen molar-refractivity contribution in [1.82, 2.24) is 4.72 Å². The Hall–Kier alpha value is -1.60. The highest BCUT2D eigenvalue weighted by molar-refractivity contribution is 7.89. The molecule has 0 heterocycles. The molecule has 0 aromatic heterocycles. The number of carbonyl (C=O) groups is 1. The van der Waals surface area contributed by atoms with Crippen LogP contribution >= 0.6 is 0 Å². The summed E-state index contributed by atoms with van der Waals surface area (Å²) < 4.78 is 27.2. The van der Waals surface area contributed by atoms with Gasteiger partial charge in [0.1, 0.15) is 4.90 Å². The molecule has 0 amide bonds. The normalized spacial score (nSPS) is 11.6. The van der Waals surface area contributed by atoms with E-state index in [1.165, 1.54) is 0 Å². The molecule has 0 saturated carbocycles. The number of nitrogens with zero attached hydrogens (tertiary/aromatic N) is 1. The van der Waals surface area contributed by atoms with Gasteiger partial charge in [-0.2, -0.15) is 0 Å². The summed E-state index contributed by atoms with van der Waals surface area (Å²) in [5.74, 6) is -0.856. The van der Waals surface area contributed by atoms with E-state index in [1.54, 1.807) is 50.1 Å². The lowest BCUT2D eigenvalue weighted by Crippen LogP contribution is -2.32. The number of carboxylic acid groups (broad SMARTS) is 1. The van der Waals surface area contributed by atoms with Crippen molar-refractivity contribution in [1.29, 1.82) is 0 Å². The molecule has 2 N–H and O–H groups in total. The van der Waals surface area contributed by atoms with Crippen LogP contribution in [-0.2, 0) is 14.8 Å². The summed E-state index contributed by atoms with van der Waals surface area (Å²) in [6, 6.07) is 6.50. The number of para-hydroxylation sites is 1. The van der Waals surface area contributed by atoms with E-state index in [-0.39, 0.29) is 17.4 Å². The van der Waals surface area contributed by atoms with Gasteiger partial charge in [0, 0.05) is 26.1 Å². The number of carboxylic acids is 1. The van der Waals surface area contributed by atoms with Gasteiger partial charge < -0.3 is 10.0 Å². The first-order chi connectivity index (χ1) is 9.74. The van der Waals surface area contributed by atoms with Crippen molar-refractivity contribution in [3.05, 3.63) is 24.3 Å². The minimum Gasteiger partial charge on any atom is -0.481 e. The van der Waals surface area contributed by atoms with E-state index < -0.39 is 16.0 Å². The third-order valence-corrected chi connectivity index (χ3v) is 4.55. The molecule has 0 saturated heterocycles. The van der Waals surface area contributed by atoms with Crippen molar-refractivity contribution in [2.45, 2.75) is 37.6 Å². The Labute approximate surface area is 125 Å². The highest BCUT2D eigenvalue weighted by Crippen LogP contribution is 2.24. The van der Waals surface area contributed by atoms with Crippen LogP contribution in [0, 0.1) is 0 Å². The molecule has 0 fully saturated rings. The smallest absolute Gasteiger partial charge is 0.303 e. The molecular weight excluding hydrogens is 292 g/mol. The van der Waals surface area contributed by atoms with E-state index in [0.717, 1.165) is 0 Å². The Morgan fingerprint density at radius 3 is 2.52 bits per heavy atom. The van der Waals surface area contributed by atoms with Gasteiger partial charge in [-0.25, -0.2) is 13.1 Å². The molecule has 0 aliphatic carbocycles. The zero-order valence-corrected chi connectivity index (χ0v) is 13.4. The summed E-state index contributed by atoms with van der Waals surface area (Å²) in [6.45, 7) is 3.99. The first kappa shape index (κ1) is 17.5. The fourth-order valence-electron chi connectivity index (χ4n) is 1.96. The van der Waals surface area contributed by atoms with Crippen LogP contribution in [0.2, 0.25) is 0 Å². The SMILES string of the molecule is CC(C)NS(=O)(=O)c1ccccc1N(C)CCCC(=O)O. The quantitative estimate of drug-likeness (QED) is 0.762. The third-order valence-electron chi connectivity index (χ3n) is 2.84. The van der Waals surface area contributed by atoms with Gasteiger partial charge >= 0.3 is 5.97 Å². The summed E-state index contributed by atoms with van der Waals surface area (Å²) in [5, 5.41) is 8.66. The molecule has 1 rings (SSSR count). The van der Waals surface area contributed by atoms with Gasteiger partial charge in [-0.3, -0.25) is 4.79 Å². The summed E-state index contributed by atoms with van der Waals surface area (Å²) in [6.07, 6.45) is 0.515. The molecule has 1 aromatic carbocycles. The van der Waals surface area contributed by atoms with Crippen LogP contribution < -0.4 is 9.62 Å². The van der Waals surface area contributed by atoms with Gasteiger partial charge in [0.2, 0.25) is 10.0 Å². The van der Waals surface area contributed by atoms with Crippen molar-refractivity contribution >= 4 is 21.7 Å². The molecule has 7 heteroatoms. The van der Waals surface area contributed by atoms with E-state index in [2.05, 4.69) is 4.72 Å². The second-order valence-corrected chi connectivity index (χ2v) is 6.84. The van der Waals surface area contributed by atoms with Crippen molar-refractivity contribution in [2.75, 3.05) is 18.5 Å². The molecule has 0 spiro atoms. The zero-order chi connectivity index (χ0) is 16.0. The monoisotopic (exact) mass is 314 g/mol. The summed E-state index contributed by atoms with van der Waals surface area (Å²) in [4.78, 5) is 12.5. The van der Waals surface area contributed by atoms with Crippen LogP contribution in [-0.4, -0.2) is 39.1 Å². The molecule has 0 unspecified atom stereocenters. The maximum atomic E-state index is 12.3. The second-order valence-electron chi connectivity index (χ2n) is 5.16. The second kappa shape index (κ2) is 7.42. The number of anilines is 1. The summed E-state index contributed by atoms with van der Waals surface area (Å²) >= 11 is 0. The molecule has 0 atom stereocenters. The molecule has 6 nitrogen and oxygen atoms in total. The number of aliphatic carboxylic acids is 1. The van der Waals surface area contributed by atoms with Crippen LogP contribution in [0.3, 0.4) is 0 Å². The van der Waals surface area contributed by atoms with Gasteiger partial charge in [0.25, 0.3) is 0 Å². The molecule has 0 bridgehead atoms. The molecule has 1 aromatic rings. The van der Waals surface area contributed by atoms with Gasteiger partial charge in [0.05, 0.1) is 5.69 Å². The molecule has 0 aliphatic heterocycles. The molecule has 0 aliphatic rings. The average Bonchev–Trinajstić information content (AvgIpc) is 2.36. The lowest BCUT2D eigenvalue weighted by Gasteiger charge is -2.22. The van der Waals surface area contributed by atoms with Gasteiger partial charge in [-0.1, -0.05) is 12.1 Å². The van der Waals surface area contributed by atoms with Crippen molar-refractivity contribution in [2.24, 2.45) is 0 Å². The van der Waals surface area contributed by atoms with Crippen LogP contribution in [0.15, 0.2) is 29.2 Å². The number of sulfonamides is 1. The van der Waals surface area contributed by atoms with Gasteiger partial charge in [-0.05, 0) is 32.4 Å². The number of hydrogen-bond acceptors (Lipinski definition) is 4. The molecular formula is C14H22N2O4S. The third kappa shape index (κ3) is 5.35. The topological polar surface area (TPSA) is 86.7 Å². The highest BCUT2D eigenvalue weighted by Gasteiger charge is 2.20. The standard InChI is InChI=1S/C14H22N2O4S/c1-11(2)15-21(19,20)13-8-5-4-7-12(13)16(3)10-6-9-14(17)18/h4-5,7-8,11,15H,6,9-10H2,1-3H3,(H,17,18). The van der Waals surface area contributed by atoms with Crippen LogP contribution in [0.4, 0.5) is 5.69 Å². The number of hydrogen-bond donors (Lipinski definition) is 2. The fourth-order valence-corrected chi connectivity index (χ4v) is 3.47. The summed E-state index contributed by atoms with van der Waals surface area (Å²) in [7, 11) is -1.83. The van der Waals surface area contributed by atoms with Gasteiger partial charge in [0.15, 0.2) is 0 Å². The zero-order valence-electron chi connectivity index (χ0n) is 12.5. The molecule has 0 radical (unpaired) electrons. The first-order valence-electron chi connectivity index (χ1n) is 6.78. The maximum Gasteiger partial charge on any atom is 0.303 e. The largest absolute Gasteiger partial charge is 0.481 e. The van der Waals surface area contributed by atoms with Crippen molar-refractivity contribution < 1.29 is 18.3 Å². The van der Waals surface area contributed by atoms with E-state index in [0.29, 0.717) is 18.7 Å². The average molecular weight is 314 g/mol. The van der Waals surface area contributed by atoms with E-state index >= 15 is 0 Å². The van der Waals surface area contributed by atoms with Crippen LogP contribution in [0.1, 0.15) is 26.7 Å². The summed E-state index contributed by atoms with van der Waals surface area (Å²) in [5.41, 5.74) is 0.566. The molecule has 118 valence electrons. The van der Waals surface area contributed by atoms with Gasteiger partial charge in [-0.15, -0.1) is 0 Å². The maximum absolute atomic E-state index is 12.3. The lowest BCUT2D eigenvalue weighted by atomic mass is 10.2. The van der Waals surface area contributed by atoms with Crippen LogP contribution in [0.5, 0.6) is 0 Å². The van der Waals surface area contributed by atoms with Crippen molar-refractivity contribution in [3.8, 4) is 0 Å². The Morgan fingerprint density at radius 1 is 1.33 bits per heavy atom.